The summed E-state index contributed by atoms with van der Waals surface area (Å²) >= 11 is 0. The van der Waals surface area contributed by atoms with Crippen molar-refractivity contribution in [2.75, 3.05) is 0 Å². The average Bonchev–Trinajstić information content (AvgIpc) is 2.37. The van der Waals surface area contributed by atoms with E-state index in [2.05, 4.69) is 20.8 Å². The lowest BCUT2D eigenvalue weighted by Gasteiger charge is -2.45. The molecule has 3 aliphatic rings. The van der Waals surface area contributed by atoms with Gasteiger partial charge in [-0.05, 0) is 36.0 Å². The topological polar surface area (TPSA) is 0 Å². The summed E-state index contributed by atoms with van der Waals surface area (Å²) in [7, 11) is 0. The summed E-state index contributed by atoms with van der Waals surface area (Å²) in [5.41, 5.74) is 0.810. The molecule has 0 amide bonds. The van der Waals surface area contributed by atoms with Gasteiger partial charge in [-0.1, -0.05) is 27.2 Å². The molecule has 4 unspecified atom stereocenters. The molecule has 0 heterocycles. The summed E-state index contributed by atoms with van der Waals surface area (Å²) < 4.78 is 0. The fourth-order valence-electron chi connectivity index (χ4n) is 3.49. The SMILES string of the molecule is CCC12CC(C)C(C1)C2C. The van der Waals surface area contributed by atoms with E-state index in [1.807, 2.05) is 0 Å². The first-order valence-corrected chi connectivity index (χ1v) is 4.69. The Morgan fingerprint density at radius 2 is 2.00 bits per heavy atom. The third-order valence-corrected chi connectivity index (χ3v) is 4.41. The molecule has 10 heavy (non-hydrogen) atoms. The van der Waals surface area contributed by atoms with E-state index in [4.69, 9.17) is 0 Å². The number of rotatable bonds is 1. The maximum absolute atomic E-state index is 2.46. The molecule has 3 aliphatic carbocycles. The van der Waals surface area contributed by atoms with Crippen LogP contribution in [0.3, 0.4) is 0 Å². The fraction of sp³-hybridized carbons (Fsp3) is 1.00. The first kappa shape index (κ1) is 6.69. The largest absolute Gasteiger partial charge is 0.0648 e. The lowest BCUT2D eigenvalue weighted by molar-refractivity contribution is 0.0377. The molecular weight excluding hydrogens is 120 g/mol. The highest BCUT2D eigenvalue weighted by Crippen LogP contribution is 2.66. The van der Waals surface area contributed by atoms with E-state index in [1.165, 1.54) is 12.8 Å². The highest BCUT2D eigenvalue weighted by atomic mass is 14.6. The third kappa shape index (κ3) is 0.538. The Hall–Kier alpha value is 0. The summed E-state index contributed by atoms with van der Waals surface area (Å²) in [5, 5.41) is 0. The van der Waals surface area contributed by atoms with E-state index in [0.29, 0.717) is 0 Å². The predicted octanol–water partition coefficient (Wildman–Crippen LogP) is 3.08. The summed E-state index contributed by atoms with van der Waals surface area (Å²) in [6.07, 6.45) is 4.50. The van der Waals surface area contributed by atoms with Crippen LogP contribution in [-0.2, 0) is 0 Å². The molecule has 0 heteroatoms. The van der Waals surface area contributed by atoms with E-state index in [9.17, 15) is 0 Å². The van der Waals surface area contributed by atoms with Crippen LogP contribution in [0.4, 0.5) is 0 Å². The van der Waals surface area contributed by atoms with Crippen molar-refractivity contribution in [3.63, 3.8) is 0 Å². The lowest BCUT2D eigenvalue weighted by atomic mass is 9.59. The minimum absolute atomic E-state index is 0.810. The minimum Gasteiger partial charge on any atom is -0.0648 e. The Morgan fingerprint density at radius 3 is 2.20 bits per heavy atom. The van der Waals surface area contributed by atoms with Gasteiger partial charge in [0.25, 0.3) is 0 Å². The van der Waals surface area contributed by atoms with Crippen molar-refractivity contribution >= 4 is 0 Å². The molecule has 0 aromatic heterocycles. The Balaban J connectivity index is 2.17. The first-order chi connectivity index (χ1) is 4.69. The van der Waals surface area contributed by atoms with Crippen LogP contribution < -0.4 is 0 Å². The average molecular weight is 138 g/mol. The van der Waals surface area contributed by atoms with Crippen LogP contribution in [0.15, 0.2) is 0 Å². The molecule has 0 aliphatic heterocycles. The van der Waals surface area contributed by atoms with Gasteiger partial charge in [0.2, 0.25) is 0 Å². The Bertz CT molecular complexity index is 150. The maximum atomic E-state index is 2.46. The summed E-state index contributed by atoms with van der Waals surface area (Å²) in [6, 6.07) is 0. The van der Waals surface area contributed by atoms with Crippen molar-refractivity contribution < 1.29 is 0 Å². The first-order valence-electron chi connectivity index (χ1n) is 4.69. The van der Waals surface area contributed by atoms with Crippen molar-refractivity contribution in [3.05, 3.63) is 0 Å². The molecule has 0 spiro atoms. The van der Waals surface area contributed by atoms with E-state index in [0.717, 1.165) is 23.2 Å². The number of fused-ring (bicyclic) bond motifs is 1. The van der Waals surface area contributed by atoms with Crippen LogP contribution >= 0.6 is 0 Å². The van der Waals surface area contributed by atoms with Crippen molar-refractivity contribution in [1.82, 2.24) is 0 Å². The quantitative estimate of drug-likeness (QED) is 0.522. The van der Waals surface area contributed by atoms with Gasteiger partial charge in [-0.15, -0.1) is 0 Å². The van der Waals surface area contributed by atoms with Crippen LogP contribution in [-0.4, -0.2) is 0 Å². The van der Waals surface area contributed by atoms with Crippen LogP contribution in [0, 0.1) is 23.2 Å². The minimum atomic E-state index is 0.810. The summed E-state index contributed by atoms with van der Waals surface area (Å²) in [4.78, 5) is 0. The summed E-state index contributed by atoms with van der Waals surface area (Å²) in [5.74, 6) is 3.18. The second-order valence-electron chi connectivity index (χ2n) is 4.55. The predicted molar refractivity (Wildman–Crippen MR) is 43.8 cm³/mol. The smallest absolute Gasteiger partial charge is 0.0266 e. The van der Waals surface area contributed by atoms with Crippen LogP contribution in [0.2, 0.25) is 0 Å². The Labute approximate surface area is 64.0 Å². The van der Waals surface area contributed by atoms with E-state index in [-0.39, 0.29) is 0 Å². The molecule has 2 bridgehead atoms. The van der Waals surface area contributed by atoms with Gasteiger partial charge < -0.3 is 0 Å². The molecule has 3 rings (SSSR count). The second kappa shape index (κ2) is 1.78. The fourth-order valence-corrected chi connectivity index (χ4v) is 3.49. The molecule has 0 radical (unpaired) electrons. The Kier molecular flexibility index (Phi) is 1.19. The van der Waals surface area contributed by atoms with Gasteiger partial charge in [-0.25, -0.2) is 0 Å². The highest BCUT2D eigenvalue weighted by Gasteiger charge is 2.58. The third-order valence-electron chi connectivity index (χ3n) is 4.41. The van der Waals surface area contributed by atoms with Gasteiger partial charge in [-0.3, -0.25) is 0 Å². The van der Waals surface area contributed by atoms with Crippen LogP contribution in [0.5, 0.6) is 0 Å². The number of hydrogen-bond acceptors (Lipinski definition) is 0. The zero-order chi connectivity index (χ0) is 7.35. The molecule has 0 saturated heterocycles. The molecule has 0 nitrogen and oxygen atoms in total. The lowest BCUT2D eigenvalue weighted by Crippen LogP contribution is -2.37. The van der Waals surface area contributed by atoms with Crippen LogP contribution in [0.25, 0.3) is 0 Å². The highest BCUT2D eigenvalue weighted by molar-refractivity contribution is 5.07. The van der Waals surface area contributed by atoms with Gasteiger partial charge in [0.05, 0.1) is 0 Å². The summed E-state index contributed by atoms with van der Waals surface area (Å²) in [6.45, 7) is 7.26. The molecule has 58 valence electrons. The van der Waals surface area contributed by atoms with Gasteiger partial charge in [0, 0.05) is 0 Å². The van der Waals surface area contributed by atoms with E-state index < -0.39 is 0 Å². The zero-order valence-electron chi connectivity index (χ0n) is 7.35. The molecule has 0 N–H and O–H groups in total. The standard InChI is InChI=1S/C10H18/c1-4-10-5-7(2)9(6-10)8(10)3/h7-9H,4-6H2,1-3H3. The molecular formula is C10H18. The van der Waals surface area contributed by atoms with Gasteiger partial charge in [-0.2, -0.15) is 0 Å². The van der Waals surface area contributed by atoms with Crippen LogP contribution in [0.1, 0.15) is 40.0 Å². The molecule has 3 saturated carbocycles. The number of hydrogen-bond donors (Lipinski definition) is 0. The van der Waals surface area contributed by atoms with Gasteiger partial charge in [0.15, 0.2) is 0 Å². The molecule has 4 atom stereocenters. The molecule has 0 aromatic carbocycles. The van der Waals surface area contributed by atoms with Gasteiger partial charge >= 0.3 is 0 Å². The molecule has 0 aromatic rings. The maximum Gasteiger partial charge on any atom is -0.0266 e. The monoisotopic (exact) mass is 138 g/mol. The second-order valence-corrected chi connectivity index (χ2v) is 4.55. The van der Waals surface area contributed by atoms with E-state index >= 15 is 0 Å². The van der Waals surface area contributed by atoms with Gasteiger partial charge in [0.1, 0.15) is 0 Å². The van der Waals surface area contributed by atoms with Crippen molar-refractivity contribution in [3.8, 4) is 0 Å². The van der Waals surface area contributed by atoms with Crippen molar-refractivity contribution in [2.24, 2.45) is 23.2 Å². The zero-order valence-corrected chi connectivity index (χ0v) is 7.35. The molecule has 3 fully saturated rings. The van der Waals surface area contributed by atoms with E-state index in [1.54, 1.807) is 6.42 Å². The normalized spacial score (nSPS) is 58.5. The van der Waals surface area contributed by atoms with Crippen molar-refractivity contribution in [2.45, 2.75) is 40.0 Å². The Morgan fingerprint density at radius 1 is 1.30 bits per heavy atom. The van der Waals surface area contributed by atoms with Crippen molar-refractivity contribution in [1.29, 1.82) is 0 Å².